The first-order valence-corrected chi connectivity index (χ1v) is 10.6. The van der Waals surface area contributed by atoms with E-state index in [0.717, 1.165) is 18.3 Å². The van der Waals surface area contributed by atoms with Gasteiger partial charge in [-0.3, -0.25) is 4.79 Å². The molecule has 1 aliphatic rings. The van der Waals surface area contributed by atoms with Gasteiger partial charge >= 0.3 is 12.4 Å². The van der Waals surface area contributed by atoms with Crippen LogP contribution < -0.4 is 9.47 Å². The van der Waals surface area contributed by atoms with Crippen molar-refractivity contribution < 1.29 is 40.6 Å². The molecule has 1 amide bonds. The lowest BCUT2D eigenvalue weighted by atomic mass is 10.0. The van der Waals surface area contributed by atoms with Gasteiger partial charge in [-0.2, -0.15) is 36.7 Å². The van der Waals surface area contributed by atoms with E-state index in [2.05, 4.69) is 10.1 Å². The van der Waals surface area contributed by atoms with Gasteiger partial charge in [-0.15, -0.1) is 0 Å². The van der Waals surface area contributed by atoms with Gasteiger partial charge in [0.1, 0.15) is 23.1 Å². The third-order valence-corrected chi connectivity index (χ3v) is 5.50. The van der Waals surface area contributed by atoms with Gasteiger partial charge in [0.25, 0.3) is 5.91 Å². The molecule has 2 aromatic heterocycles. The number of ether oxygens (including phenoxy) is 2. The number of hydrogen-bond donors (Lipinski definition) is 0. The average molecular weight is 525 g/mol. The smallest absolute Gasteiger partial charge is 0.433 e. The minimum Gasteiger partial charge on any atom is -0.494 e. The van der Waals surface area contributed by atoms with E-state index in [1.54, 1.807) is 0 Å². The maximum atomic E-state index is 13.4. The quantitative estimate of drug-likeness (QED) is 0.461. The lowest BCUT2D eigenvalue weighted by Gasteiger charge is -2.28. The summed E-state index contributed by atoms with van der Waals surface area (Å²) in [4.78, 5) is 18.2. The summed E-state index contributed by atoms with van der Waals surface area (Å²) in [5.41, 5.74) is -0.00412. The molecule has 14 heteroatoms. The van der Waals surface area contributed by atoms with Crippen LogP contribution in [0, 0.1) is 11.3 Å². The number of alkyl halides is 6. The van der Waals surface area contributed by atoms with E-state index in [9.17, 15) is 36.4 Å². The minimum atomic E-state index is -4.66. The van der Waals surface area contributed by atoms with Gasteiger partial charge in [0.05, 0.1) is 30.3 Å². The van der Waals surface area contributed by atoms with Crippen molar-refractivity contribution in [1.82, 2.24) is 19.7 Å². The highest BCUT2D eigenvalue weighted by Crippen LogP contribution is 2.35. The van der Waals surface area contributed by atoms with Crippen molar-refractivity contribution in [3.05, 3.63) is 64.7 Å². The van der Waals surface area contributed by atoms with Crippen LogP contribution in [-0.2, 0) is 19.1 Å². The van der Waals surface area contributed by atoms with Gasteiger partial charge in [0.2, 0.25) is 0 Å². The Hall–Kier alpha value is -4.28. The van der Waals surface area contributed by atoms with Gasteiger partial charge in [-0.25, -0.2) is 9.67 Å². The van der Waals surface area contributed by atoms with Crippen molar-refractivity contribution in [2.24, 2.45) is 0 Å². The van der Waals surface area contributed by atoms with Crippen molar-refractivity contribution in [1.29, 1.82) is 5.26 Å². The second-order valence-corrected chi connectivity index (χ2v) is 7.96. The number of carbonyl (C=O) groups is 1. The second-order valence-electron chi connectivity index (χ2n) is 7.96. The number of nitriles is 1. The van der Waals surface area contributed by atoms with E-state index in [4.69, 9.17) is 9.47 Å². The Labute approximate surface area is 205 Å². The molecule has 4 rings (SSSR count). The number of rotatable bonds is 5. The fourth-order valence-corrected chi connectivity index (χ4v) is 3.81. The van der Waals surface area contributed by atoms with Crippen LogP contribution in [0.1, 0.15) is 32.9 Å². The molecule has 3 aromatic rings. The third-order valence-electron chi connectivity index (χ3n) is 5.50. The lowest BCUT2D eigenvalue weighted by Crippen LogP contribution is -2.36. The molecule has 0 unspecified atom stereocenters. The van der Waals surface area contributed by atoms with Crippen LogP contribution >= 0.6 is 0 Å². The predicted molar refractivity (Wildman–Crippen MR) is 114 cm³/mol. The molecule has 0 spiro atoms. The molecule has 1 aliphatic heterocycles. The van der Waals surface area contributed by atoms with Crippen molar-refractivity contribution in [3.8, 4) is 23.3 Å². The van der Waals surface area contributed by atoms with Gasteiger partial charge in [0, 0.05) is 31.3 Å². The Morgan fingerprint density at radius 3 is 2.51 bits per heavy atom. The SMILES string of the molecule is COc1c(C#N)ccc(OCC(F)(F)F)c1C(=O)N1CCc2nn(-c3ccc(C(F)(F)F)nc3)cc2C1. The first-order chi connectivity index (χ1) is 17.4. The normalized spacial score (nSPS) is 13.6. The highest BCUT2D eigenvalue weighted by atomic mass is 19.4. The highest BCUT2D eigenvalue weighted by Gasteiger charge is 2.34. The van der Waals surface area contributed by atoms with Crippen molar-refractivity contribution >= 4 is 5.91 Å². The number of carbonyl (C=O) groups excluding carboxylic acids is 1. The number of hydrogen-bond acceptors (Lipinski definition) is 6. The Morgan fingerprint density at radius 1 is 1.16 bits per heavy atom. The molecule has 0 aliphatic carbocycles. The molecule has 8 nitrogen and oxygen atoms in total. The van der Waals surface area contributed by atoms with Crippen LogP contribution in [0.3, 0.4) is 0 Å². The molecule has 0 N–H and O–H groups in total. The molecule has 0 atom stereocenters. The van der Waals surface area contributed by atoms with Gasteiger partial charge in [-0.05, 0) is 24.3 Å². The zero-order valence-electron chi connectivity index (χ0n) is 19.0. The zero-order valence-corrected chi connectivity index (χ0v) is 19.0. The fourth-order valence-electron chi connectivity index (χ4n) is 3.81. The molecule has 3 heterocycles. The molecule has 1 aromatic carbocycles. The first kappa shape index (κ1) is 25.8. The number of fused-ring (bicyclic) bond motifs is 1. The van der Waals surface area contributed by atoms with Crippen LogP contribution in [0.2, 0.25) is 0 Å². The molecule has 194 valence electrons. The summed E-state index contributed by atoms with van der Waals surface area (Å²) < 4.78 is 88.1. The van der Waals surface area contributed by atoms with Gasteiger partial charge < -0.3 is 14.4 Å². The van der Waals surface area contributed by atoms with Gasteiger partial charge in [0.15, 0.2) is 12.4 Å². The molecule has 0 radical (unpaired) electrons. The number of methoxy groups -OCH3 is 1. The Bertz CT molecular complexity index is 1360. The van der Waals surface area contributed by atoms with Crippen LogP contribution in [-0.4, -0.2) is 52.0 Å². The van der Waals surface area contributed by atoms with Crippen LogP contribution in [0.15, 0.2) is 36.7 Å². The van der Waals surface area contributed by atoms with Gasteiger partial charge in [-0.1, -0.05) is 0 Å². The predicted octanol–water partition coefficient (Wildman–Crippen LogP) is 4.31. The molecule has 0 saturated heterocycles. The maximum Gasteiger partial charge on any atom is 0.433 e. The molecule has 0 fully saturated rings. The molecule has 37 heavy (non-hydrogen) atoms. The van der Waals surface area contributed by atoms with E-state index in [0.29, 0.717) is 11.3 Å². The second kappa shape index (κ2) is 9.64. The summed E-state index contributed by atoms with van der Waals surface area (Å²) in [7, 11) is 1.18. The summed E-state index contributed by atoms with van der Waals surface area (Å²) in [6.07, 6.45) is -6.44. The Kier molecular flexibility index (Phi) is 6.72. The van der Waals surface area contributed by atoms with E-state index in [1.165, 1.54) is 35.0 Å². The molecule has 0 saturated carbocycles. The standard InChI is InChI=1S/C23H17F6N5O3/c1-36-20-13(8-30)2-4-17(37-12-22(24,25)26)19(20)21(35)33-7-6-16-14(10-33)11-34(32-16)15-3-5-18(31-9-15)23(27,28)29/h2-5,9,11H,6-7,10,12H2,1H3. The third kappa shape index (κ3) is 5.45. The number of nitrogens with zero attached hydrogens (tertiary/aromatic N) is 5. The van der Waals surface area contributed by atoms with E-state index >= 15 is 0 Å². The first-order valence-electron chi connectivity index (χ1n) is 10.6. The van der Waals surface area contributed by atoms with Crippen LogP contribution in [0.25, 0.3) is 5.69 Å². The van der Waals surface area contributed by atoms with E-state index < -0.39 is 36.3 Å². The maximum absolute atomic E-state index is 13.4. The summed E-state index contributed by atoms with van der Waals surface area (Å²) >= 11 is 0. The lowest BCUT2D eigenvalue weighted by molar-refractivity contribution is -0.153. The van der Waals surface area contributed by atoms with Crippen molar-refractivity contribution in [2.75, 3.05) is 20.3 Å². The largest absolute Gasteiger partial charge is 0.494 e. The number of benzene rings is 1. The van der Waals surface area contributed by atoms with Crippen molar-refractivity contribution in [2.45, 2.75) is 25.3 Å². The monoisotopic (exact) mass is 525 g/mol. The number of amides is 1. The fraction of sp³-hybridized carbons (Fsp3) is 0.304. The topological polar surface area (TPSA) is 93.3 Å². The van der Waals surface area contributed by atoms with E-state index in [1.807, 2.05) is 6.07 Å². The summed E-state index contributed by atoms with van der Waals surface area (Å²) in [6, 6.07) is 6.16. The Morgan fingerprint density at radius 2 is 1.92 bits per heavy atom. The summed E-state index contributed by atoms with van der Waals surface area (Å²) in [5.74, 6) is -1.33. The molecule has 0 bridgehead atoms. The zero-order chi connectivity index (χ0) is 27.0. The number of pyridine rings is 1. The molecular weight excluding hydrogens is 508 g/mol. The average Bonchev–Trinajstić information content (AvgIpc) is 3.29. The van der Waals surface area contributed by atoms with Crippen molar-refractivity contribution in [3.63, 3.8) is 0 Å². The Balaban J connectivity index is 1.62. The highest BCUT2D eigenvalue weighted by molar-refractivity contribution is 6.00. The summed E-state index contributed by atoms with van der Waals surface area (Å²) in [6.45, 7) is -1.52. The number of aromatic nitrogens is 3. The van der Waals surface area contributed by atoms with Crippen LogP contribution in [0.5, 0.6) is 11.5 Å². The molecular formula is C23H17F6N5O3. The minimum absolute atomic E-state index is 0.000869. The van der Waals surface area contributed by atoms with E-state index in [-0.39, 0.29) is 42.1 Å². The number of halogens is 6. The summed E-state index contributed by atoms with van der Waals surface area (Å²) in [5, 5.41) is 13.7. The van der Waals surface area contributed by atoms with Crippen LogP contribution in [0.4, 0.5) is 26.3 Å².